The molecule has 2 heterocycles. The third-order valence-corrected chi connectivity index (χ3v) is 4.49. The van der Waals surface area contributed by atoms with Crippen LogP contribution in [0.15, 0.2) is 53.5 Å². The van der Waals surface area contributed by atoms with Gasteiger partial charge in [-0.2, -0.15) is 0 Å². The Morgan fingerprint density at radius 2 is 1.96 bits per heavy atom. The number of imide groups is 1. The second kappa shape index (κ2) is 7.19. The molecule has 1 aromatic heterocycles. The molecule has 7 heteroatoms. The van der Waals surface area contributed by atoms with E-state index in [4.69, 9.17) is 4.74 Å². The molecule has 0 atom stereocenters. The smallest absolute Gasteiger partial charge is 0.417 e. The van der Waals surface area contributed by atoms with E-state index in [1.54, 1.807) is 25.4 Å². The molecule has 0 spiro atoms. The number of halogens is 1. The lowest BCUT2D eigenvalue weighted by Gasteiger charge is -2.13. The maximum Gasteiger partial charge on any atom is 0.417 e. The molecule has 0 aliphatic carbocycles. The summed E-state index contributed by atoms with van der Waals surface area (Å²) in [5.41, 5.74) is 3.84. The zero-order valence-corrected chi connectivity index (χ0v) is 15.1. The number of benzene rings is 2. The topological polar surface area (TPSA) is 71.9 Å². The van der Waals surface area contributed by atoms with E-state index in [1.807, 2.05) is 24.3 Å². The van der Waals surface area contributed by atoms with Crippen molar-refractivity contribution in [3.63, 3.8) is 0 Å². The highest BCUT2D eigenvalue weighted by Crippen LogP contribution is 2.29. The van der Waals surface area contributed by atoms with Gasteiger partial charge in [-0.15, -0.1) is 0 Å². The van der Waals surface area contributed by atoms with Crippen LogP contribution in [-0.4, -0.2) is 41.8 Å². The van der Waals surface area contributed by atoms with Gasteiger partial charge < -0.3 is 4.74 Å². The van der Waals surface area contributed by atoms with E-state index < -0.39 is 6.09 Å². The van der Waals surface area contributed by atoms with Gasteiger partial charge in [0.1, 0.15) is 5.82 Å². The van der Waals surface area contributed by atoms with Gasteiger partial charge in [0.15, 0.2) is 6.61 Å². The number of fused-ring (bicyclic) bond motifs is 1. The van der Waals surface area contributed by atoms with Crippen molar-refractivity contribution in [1.82, 2.24) is 9.88 Å². The van der Waals surface area contributed by atoms with Crippen LogP contribution >= 0.6 is 0 Å². The van der Waals surface area contributed by atoms with Gasteiger partial charge in [0.25, 0.3) is 5.91 Å². The van der Waals surface area contributed by atoms with Crippen molar-refractivity contribution in [3.8, 4) is 11.1 Å². The molecule has 1 fully saturated rings. The number of hydrogen-bond donors (Lipinski definition) is 0. The Morgan fingerprint density at radius 3 is 2.64 bits per heavy atom. The molecule has 6 nitrogen and oxygen atoms in total. The van der Waals surface area contributed by atoms with Crippen LogP contribution < -0.4 is 0 Å². The fourth-order valence-electron chi connectivity index (χ4n) is 3.18. The van der Waals surface area contributed by atoms with E-state index in [1.165, 1.54) is 12.1 Å². The molecule has 2 amide bonds. The quantitative estimate of drug-likeness (QED) is 0.652. The fraction of sp³-hybridized carbons (Fsp3) is 0.143. The van der Waals surface area contributed by atoms with Crippen LogP contribution in [0.3, 0.4) is 0 Å². The van der Waals surface area contributed by atoms with Gasteiger partial charge in [0.2, 0.25) is 0 Å². The van der Waals surface area contributed by atoms with E-state index >= 15 is 0 Å². The first-order chi connectivity index (χ1) is 13.5. The third-order valence-electron chi connectivity index (χ3n) is 4.49. The van der Waals surface area contributed by atoms with Crippen molar-refractivity contribution in [2.24, 2.45) is 4.99 Å². The number of hydrogen-bond acceptors (Lipinski definition) is 5. The Hall–Kier alpha value is -3.61. The zero-order valence-electron chi connectivity index (χ0n) is 15.1. The van der Waals surface area contributed by atoms with E-state index in [9.17, 15) is 14.0 Å². The summed E-state index contributed by atoms with van der Waals surface area (Å²) < 4.78 is 18.1. The summed E-state index contributed by atoms with van der Waals surface area (Å²) in [4.78, 5) is 33.1. The Bertz CT molecular complexity index is 1090. The number of pyridine rings is 1. The van der Waals surface area contributed by atoms with Crippen molar-refractivity contribution in [1.29, 1.82) is 0 Å². The molecule has 28 heavy (non-hydrogen) atoms. The van der Waals surface area contributed by atoms with Gasteiger partial charge in [-0.1, -0.05) is 24.3 Å². The van der Waals surface area contributed by atoms with Crippen LogP contribution in [0, 0.1) is 5.82 Å². The van der Waals surface area contributed by atoms with Crippen LogP contribution in [0.4, 0.5) is 9.18 Å². The fourth-order valence-corrected chi connectivity index (χ4v) is 3.18. The molecule has 0 radical (unpaired) electrons. The highest BCUT2D eigenvalue weighted by atomic mass is 19.1. The minimum Gasteiger partial charge on any atom is -0.439 e. The third kappa shape index (κ3) is 3.34. The summed E-state index contributed by atoms with van der Waals surface area (Å²) in [5, 5.41) is 0.874. The number of ether oxygens (including phenoxy) is 1. The molecule has 1 saturated heterocycles. The van der Waals surface area contributed by atoms with Crippen molar-refractivity contribution in [2.75, 3.05) is 13.7 Å². The van der Waals surface area contributed by atoms with Crippen molar-refractivity contribution >= 4 is 29.1 Å². The summed E-state index contributed by atoms with van der Waals surface area (Å²) in [6.07, 6.45) is 0.998. The maximum atomic E-state index is 13.3. The predicted molar refractivity (Wildman–Crippen MR) is 103 cm³/mol. The van der Waals surface area contributed by atoms with Crippen LogP contribution in [0.25, 0.3) is 22.0 Å². The summed E-state index contributed by atoms with van der Waals surface area (Å²) >= 11 is 0. The number of aromatic nitrogens is 1. The second-order valence-electron chi connectivity index (χ2n) is 6.37. The monoisotopic (exact) mass is 377 g/mol. The highest BCUT2D eigenvalue weighted by molar-refractivity contribution is 5.99. The molecule has 0 saturated carbocycles. The molecule has 140 valence electrons. The Balaban J connectivity index is 1.80. The Labute approximate surface area is 160 Å². The van der Waals surface area contributed by atoms with Crippen LogP contribution in [0.1, 0.15) is 11.3 Å². The second-order valence-corrected chi connectivity index (χ2v) is 6.37. The van der Waals surface area contributed by atoms with E-state index in [0.29, 0.717) is 11.2 Å². The van der Waals surface area contributed by atoms with Crippen molar-refractivity contribution in [2.45, 2.75) is 6.54 Å². The summed E-state index contributed by atoms with van der Waals surface area (Å²) in [7, 11) is 1.66. The Kier molecular flexibility index (Phi) is 4.57. The van der Waals surface area contributed by atoms with Crippen LogP contribution in [0.2, 0.25) is 0 Å². The minimum atomic E-state index is -0.642. The van der Waals surface area contributed by atoms with Gasteiger partial charge in [-0.3, -0.25) is 9.79 Å². The summed E-state index contributed by atoms with van der Waals surface area (Å²) in [5.74, 6) is -0.668. The number of cyclic esters (lactones) is 1. The lowest BCUT2D eigenvalue weighted by molar-refractivity contribution is -0.126. The lowest BCUT2D eigenvalue weighted by atomic mass is 9.99. The van der Waals surface area contributed by atoms with Crippen molar-refractivity contribution in [3.05, 3.63) is 65.6 Å². The van der Waals surface area contributed by atoms with Gasteiger partial charge in [0, 0.05) is 18.6 Å². The maximum absolute atomic E-state index is 13.3. The number of aliphatic imine (C=N–C) groups is 1. The molecule has 4 rings (SSSR count). The summed E-state index contributed by atoms with van der Waals surface area (Å²) in [6, 6.07) is 13.7. The molecule has 3 aromatic rings. The van der Waals surface area contributed by atoms with Gasteiger partial charge in [-0.25, -0.2) is 19.1 Å². The zero-order chi connectivity index (χ0) is 19.7. The van der Waals surface area contributed by atoms with Gasteiger partial charge in [-0.05, 0) is 41.0 Å². The minimum absolute atomic E-state index is 0.118. The van der Waals surface area contributed by atoms with Crippen molar-refractivity contribution < 1.29 is 18.7 Å². The molecule has 1 aliphatic rings. The normalized spacial score (nSPS) is 14.3. The Morgan fingerprint density at radius 1 is 1.18 bits per heavy atom. The molecule has 0 bridgehead atoms. The SMILES string of the molecule is CN=Cc1cc(-c2ccc(F)cc2)c2ccc(CN3C(=O)COC3=O)cc2n1. The highest BCUT2D eigenvalue weighted by Gasteiger charge is 2.30. The molecule has 0 N–H and O–H groups in total. The average Bonchev–Trinajstić information content (AvgIpc) is 3.00. The largest absolute Gasteiger partial charge is 0.439 e. The number of rotatable bonds is 4. The average molecular weight is 377 g/mol. The van der Waals surface area contributed by atoms with Crippen LogP contribution in [0.5, 0.6) is 0 Å². The lowest BCUT2D eigenvalue weighted by Crippen LogP contribution is -2.28. The molecular weight excluding hydrogens is 361 g/mol. The standard InChI is InChI=1S/C21H16FN3O3/c1-23-10-16-9-18(14-3-5-15(22)6-4-14)17-7-2-13(8-19(17)24-16)11-25-20(26)12-28-21(25)27/h2-10H,11-12H2,1H3. The predicted octanol–water partition coefficient (Wildman–Crippen LogP) is 3.57. The molecular formula is C21H16FN3O3. The first-order valence-electron chi connectivity index (χ1n) is 8.64. The van der Waals surface area contributed by atoms with Gasteiger partial charge >= 0.3 is 6.09 Å². The number of carbonyl (C=O) groups excluding carboxylic acids is 2. The van der Waals surface area contributed by atoms with Crippen LogP contribution in [-0.2, 0) is 16.1 Å². The summed E-state index contributed by atoms with van der Waals surface area (Å²) in [6.45, 7) is -0.107. The number of amides is 2. The van der Waals surface area contributed by atoms with E-state index in [0.717, 1.165) is 27.0 Å². The first-order valence-corrected chi connectivity index (χ1v) is 8.64. The van der Waals surface area contributed by atoms with E-state index in [2.05, 4.69) is 9.98 Å². The molecule has 0 unspecified atom stereocenters. The van der Waals surface area contributed by atoms with E-state index in [-0.39, 0.29) is 24.9 Å². The number of carbonyl (C=O) groups is 2. The first kappa shape index (κ1) is 17.8. The molecule has 1 aliphatic heterocycles. The number of nitrogens with zero attached hydrogens (tertiary/aromatic N) is 3. The van der Waals surface area contributed by atoms with Gasteiger partial charge in [0.05, 0.1) is 17.8 Å². The molecule has 2 aromatic carbocycles.